The average molecular weight is 523 g/mol. The Morgan fingerprint density at radius 2 is 1.92 bits per heavy atom. The fourth-order valence-electron chi connectivity index (χ4n) is 6.21. The molecule has 3 fully saturated rings. The molecule has 1 aromatic carbocycles. The highest BCUT2D eigenvalue weighted by molar-refractivity contribution is 7.98. The number of carbonyl (C=O) groups excluding carboxylic acids is 1. The van der Waals surface area contributed by atoms with E-state index in [0.717, 1.165) is 84.9 Å². The van der Waals surface area contributed by atoms with E-state index in [1.54, 1.807) is 23.1 Å². The highest BCUT2D eigenvalue weighted by Crippen LogP contribution is 2.40. The lowest BCUT2D eigenvalue weighted by atomic mass is 9.78. The van der Waals surface area contributed by atoms with E-state index in [1.807, 2.05) is 29.4 Å². The van der Waals surface area contributed by atoms with Gasteiger partial charge in [0.15, 0.2) is 0 Å². The van der Waals surface area contributed by atoms with Crippen molar-refractivity contribution >= 4 is 39.2 Å². The van der Waals surface area contributed by atoms with E-state index in [0.29, 0.717) is 17.3 Å². The van der Waals surface area contributed by atoms with Crippen LogP contribution in [0.1, 0.15) is 59.7 Å². The van der Waals surface area contributed by atoms with Crippen molar-refractivity contribution in [3.05, 3.63) is 47.0 Å². The molecule has 6 rings (SSSR count). The summed E-state index contributed by atoms with van der Waals surface area (Å²) >= 11 is 3.44. The number of amides is 1. The molecule has 4 heterocycles. The monoisotopic (exact) mass is 522 g/mol. The molecule has 190 valence electrons. The zero-order chi connectivity index (χ0) is 24.5. The van der Waals surface area contributed by atoms with Gasteiger partial charge >= 0.3 is 0 Å². The Bertz CT molecular complexity index is 1210. The summed E-state index contributed by atoms with van der Waals surface area (Å²) in [6.07, 6.45) is 14.9. The summed E-state index contributed by atoms with van der Waals surface area (Å²) < 4.78 is 6.77. The van der Waals surface area contributed by atoms with Crippen molar-refractivity contribution in [3.63, 3.8) is 0 Å². The van der Waals surface area contributed by atoms with Gasteiger partial charge in [0.1, 0.15) is 5.82 Å². The third-order valence-corrected chi connectivity index (χ3v) is 10.2. The van der Waals surface area contributed by atoms with Crippen LogP contribution in [0.3, 0.4) is 0 Å². The maximum absolute atomic E-state index is 13.2. The summed E-state index contributed by atoms with van der Waals surface area (Å²) in [5.41, 5.74) is 2.13. The Hall–Kier alpha value is -2.03. The highest BCUT2D eigenvalue weighted by Gasteiger charge is 2.39. The lowest BCUT2D eigenvalue weighted by Gasteiger charge is -2.38. The van der Waals surface area contributed by atoms with Crippen LogP contribution in [0.5, 0.6) is 0 Å². The van der Waals surface area contributed by atoms with Gasteiger partial charge in [0.05, 0.1) is 21.8 Å². The van der Waals surface area contributed by atoms with E-state index in [4.69, 9.17) is 9.72 Å². The summed E-state index contributed by atoms with van der Waals surface area (Å²) in [4.78, 5) is 30.4. The maximum atomic E-state index is 13.2. The highest BCUT2D eigenvalue weighted by atomic mass is 32.2. The molecule has 2 aromatic heterocycles. The Labute approximate surface area is 221 Å². The number of aromatic nitrogens is 3. The third kappa shape index (κ3) is 5.18. The predicted molar refractivity (Wildman–Crippen MR) is 145 cm³/mol. The lowest BCUT2D eigenvalue weighted by Crippen LogP contribution is -2.43. The van der Waals surface area contributed by atoms with Gasteiger partial charge in [-0.25, -0.2) is 15.0 Å². The van der Waals surface area contributed by atoms with E-state index in [1.165, 1.54) is 24.3 Å². The first kappa shape index (κ1) is 24.3. The molecule has 0 unspecified atom stereocenters. The van der Waals surface area contributed by atoms with Crippen molar-refractivity contribution in [1.29, 1.82) is 0 Å². The molecule has 2 saturated heterocycles. The zero-order valence-electron chi connectivity index (χ0n) is 20.9. The van der Waals surface area contributed by atoms with E-state index in [9.17, 15) is 4.79 Å². The largest absolute Gasteiger partial charge is 0.381 e. The van der Waals surface area contributed by atoms with E-state index >= 15 is 0 Å². The third-order valence-electron chi connectivity index (χ3n) is 8.48. The molecular formula is C28H34N4O2S2. The smallest absolute Gasteiger partial charge is 0.253 e. The van der Waals surface area contributed by atoms with Crippen LogP contribution in [-0.2, 0) is 17.6 Å². The maximum Gasteiger partial charge on any atom is 0.253 e. The van der Waals surface area contributed by atoms with Gasteiger partial charge < -0.3 is 9.64 Å². The van der Waals surface area contributed by atoms with Gasteiger partial charge in [-0.3, -0.25) is 4.79 Å². The average Bonchev–Trinajstić information content (AvgIpc) is 3.65. The van der Waals surface area contributed by atoms with Crippen molar-refractivity contribution in [3.8, 4) is 0 Å². The van der Waals surface area contributed by atoms with Gasteiger partial charge in [-0.2, -0.15) is 0 Å². The van der Waals surface area contributed by atoms with Crippen LogP contribution in [0.25, 0.3) is 10.2 Å². The molecule has 1 spiro atoms. The Morgan fingerprint density at radius 1 is 1.14 bits per heavy atom. The molecule has 36 heavy (non-hydrogen) atoms. The fourth-order valence-corrected chi connectivity index (χ4v) is 7.65. The molecule has 0 radical (unpaired) electrons. The van der Waals surface area contributed by atoms with Crippen molar-refractivity contribution in [1.82, 2.24) is 19.9 Å². The first-order chi connectivity index (χ1) is 17.6. The minimum absolute atomic E-state index is 0.159. The number of likely N-dealkylation sites (tertiary alicyclic amines) is 1. The van der Waals surface area contributed by atoms with Gasteiger partial charge in [-0.15, -0.1) is 23.1 Å². The normalized spacial score (nSPS) is 23.6. The minimum Gasteiger partial charge on any atom is -0.381 e. The predicted octanol–water partition coefficient (Wildman–Crippen LogP) is 5.65. The van der Waals surface area contributed by atoms with Gasteiger partial charge in [-0.05, 0) is 80.2 Å². The summed E-state index contributed by atoms with van der Waals surface area (Å²) in [5, 5.41) is 1.20. The zero-order valence-corrected chi connectivity index (χ0v) is 22.6. The molecule has 1 aliphatic carbocycles. The van der Waals surface area contributed by atoms with Crippen LogP contribution in [0, 0.1) is 17.3 Å². The van der Waals surface area contributed by atoms with E-state index in [2.05, 4.69) is 22.3 Å². The molecule has 3 aliphatic rings. The number of nitrogens with zero attached hydrogens (tertiary/aromatic N) is 4. The van der Waals surface area contributed by atoms with Crippen LogP contribution in [-0.4, -0.2) is 58.3 Å². The summed E-state index contributed by atoms with van der Waals surface area (Å²) in [7, 11) is 0. The van der Waals surface area contributed by atoms with Crippen LogP contribution < -0.4 is 0 Å². The summed E-state index contributed by atoms with van der Waals surface area (Å²) in [6.45, 7) is 3.42. The van der Waals surface area contributed by atoms with Gasteiger partial charge in [0, 0.05) is 55.4 Å². The molecule has 1 amide bonds. The van der Waals surface area contributed by atoms with Gasteiger partial charge in [-0.1, -0.05) is 0 Å². The topological polar surface area (TPSA) is 68.2 Å². The van der Waals surface area contributed by atoms with Crippen molar-refractivity contribution in [2.24, 2.45) is 17.3 Å². The number of hydrogen-bond donors (Lipinski definition) is 0. The number of piperidine rings is 1. The Morgan fingerprint density at radius 3 is 2.64 bits per heavy atom. The van der Waals surface area contributed by atoms with Crippen molar-refractivity contribution < 1.29 is 9.53 Å². The van der Waals surface area contributed by atoms with Gasteiger partial charge in [0.25, 0.3) is 5.91 Å². The SMILES string of the molecule is CSc1cnc(C[C@H]2CC[C@H](Cc3nc4ccc(C(=O)N5CCC6(CCOC6)CC5)cc4s3)C2)nc1. The molecule has 6 nitrogen and oxygen atoms in total. The van der Waals surface area contributed by atoms with Gasteiger partial charge in [0.2, 0.25) is 0 Å². The number of hydrogen-bond acceptors (Lipinski definition) is 7. The number of thioether (sulfide) groups is 1. The second-order valence-corrected chi connectivity index (χ2v) is 12.9. The number of rotatable bonds is 6. The number of benzene rings is 1. The first-order valence-corrected chi connectivity index (χ1v) is 15.2. The fraction of sp³-hybridized carbons (Fsp3) is 0.571. The van der Waals surface area contributed by atoms with Crippen LogP contribution in [0.15, 0.2) is 35.5 Å². The summed E-state index contributed by atoms with van der Waals surface area (Å²) in [5.74, 6) is 2.46. The number of thiazole rings is 1. The second-order valence-electron chi connectivity index (χ2n) is 10.9. The number of fused-ring (bicyclic) bond motifs is 1. The Balaban J connectivity index is 1.05. The molecule has 3 aromatic rings. The van der Waals surface area contributed by atoms with Crippen LogP contribution >= 0.6 is 23.1 Å². The molecule has 0 N–H and O–H groups in total. The van der Waals surface area contributed by atoms with Crippen molar-refractivity contribution in [2.45, 2.75) is 56.3 Å². The second kappa shape index (κ2) is 10.4. The van der Waals surface area contributed by atoms with E-state index < -0.39 is 0 Å². The first-order valence-electron chi connectivity index (χ1n) is 13.2. The standard InChI is InChI=1S/C28H34N4O2S2/c1-35-22-16-29-25(30-17-22)13-19-2-3-20(12-19)14-26-31-23-5-4-21(15-24(23)36-26)27(33)32-9-6-28(7-10-32)8-11-34-18-28/h4-5,15-17,19-20H,2-3,6-14,18H2,1H3/t19-,20-/m0/s1. The number of carbonyl (C=O) groups is 1. The molecule has 2 aliphatic heterocycles. The molecule has 1 saturated carbocycles. The quantitative estimate of drug-likeness (QED) is 0.390. The molecule has 0 bridgehead atoms. The minimum atomic E-state index is 0.159. The number of ether oxygens (including phenoxy) is 1. The molecular weight excluding hydrogens is 488 g/mol. The molecule has 2 atom stereocenters. The van der Waals surface area contributed by atoms with Crippen LogP contribution in [0.4, 0.5) is 0 Å². The Kier molecular flexibility index (Phi) is 7.01. The molecule has 8 heteroatoms. The summed E-state index contributed by atoms with van der Waals surface area (Å²) in [6, 6.07) is 6.06. The van der Waals surface area contributed by atoms with E-state index in [-0.39, 0.29) is 5.91 Å². The lowest BCUT2D eigenvalue weighted by molar-refractivity contribution is 0.0533. The van der Waals surface area contributed by atoms with Crippen LogP contribution in [0.2, 0.25) is 0 Å². The van der Waals surface area contributed by atoms with Crippen molar-refractivity contribution in [2.75, 3.05) is 32.6 Å².